The number of carboxylic acid groups (broad SMARTS) is 1. The highest BCUT2D eigenvalue weighted by Gasteiger charge is 2.44. The number of amides is 1. The number of hydrogen-bond donors (Lipinski definition) is 2. The smallest absolute Gasteiger partial charge is 0.311 e. The van der Waals surface area contributed by atoms with Gasteiger partial charge in [-0.05, 0) is 51.4 Å². The Morgan fingerprint density at radius 3 is 2.22 bits per heavy atom. The molecular formula is C12H16ClNO4. The zero-order valence-corrected chi connectivity index (χ0v) is 11.5. The summed E-state index contributed by atoms with van der Waals surface area (Å²) in [5.41, 5.74) is -2.08. The van der Waals surface area contributed by atoms with E-state index < -0.39 is 22.8 Å². The SMILES string of the molecule is CC(C)(NC(=O)c1ccc(Cl)o1)C(C)(C)C(=O)O. The molecule has 1 heterocycles. The first-order valence-electron chi connectivity index (χ1n) is 5.39. The highest BCUT2D eigenvalue weighted by atomic mass is 35.5. The van der Waals surface area contributed by atoms with Crippen LogP contribution in [-0.4, -0.2) is 22.5 Å². The largest absolute Gasteiger partial charge is 0.481 e. The minimum atomic E-state index is -1.13. The number of furan rings is 1. The molecule has 0 saturated carbocycles. The van der Waals surface area contributed by atoms with Crippen LogP contribution < -0.4 is 5.32 Å². The molecule has 18 heavy (non-hydrogen) atoms. The minimum Gasteiger partial charge on any atom is -0.481 e. The van der Waals surface area contributed by atoms with Crippen molar-refractivity contribution in [3.05, 3.63) is 23.1 Å². The number of aliphatic carboxylic acids is 1. The van der Waals surface area contributed by atoms with Gasteiger partial charge in [0, 0.05) is 0 Å². The molecule has 0 fully saturated rings. The number of carbonyl (C=O) groups is 2. The van der Waals surface area contributed by atoms with Crippen molar-refractivity contribution in [1.29, 1.82) is 0 Å². The summed E-state index contributed by atoms with van der Waals surface area (Å²) < 4.78 is 4.97. The Labute approximate surface area is 110 Å². The molecule has 1 aromatic rings. The monoisotopic (exact) mass is 273 g/mol. The number of rotatable bonds is 4. The summed E-state index contributed by atoms with van der Waals surface area (Å²) in [6.45, 7) is 6.38. The van der Waals surface area contributed by atoms with Gasteiger partial charge < -0.3 is 14.8 Å². The van der Waals surface area contributed by atoms with E-state index in [1.54, 1.807) is 27.7 Å². The van der Waals surface area contributed by atoms with Crippen molar-refractivity contribution < 1.29 is 19.1 Å². The Hall–Kier alpha value is -1.49. The molecule has 0 radical (unpaired) electrons. The van der Waals surface area contributed by atoms with Crippen molar-refractivity contribution in [1.82, 2.24) is 5.32 Å². The van der Waals surface area contributed by atoms with E-state index >= 15 is 0 Å². The van der Waals surface area contributed by atoms with E-state index in [0.717, 1.165) is 0 Å². The molecular weight excluding hydrogens is 258 g/mol. The van der Waals surface area contributed by atoms with E-state index in [-0.39, 0.29) is 11.0 Å². The number of halogens is 1. The van der Waals surface area contributed by atoms with Crippen LogP contribution in [0.2, 0.25) is 5.22 Å². The molecule has 6 heteroatoms. The molecule has 5 nitrogen and oxygen atoms in total. The van der Waals surface area contributed by atoms with E-state index in [4.69, 9.17) is 21.1 Å². The number of nitrogens with one attached hydrogen (secondary N) is 1. The maximum atomic E-state index is 11.9. The Kier molecular flexibility index (Phi) is 3.76. The third kappa shape index (κ3) is 2.67. The van der Waals surface area contributed by atoms with Crippen molar-refractivity contribution >= 4 is 23.5 Å². The van der Waals surface area contributed by atoms with Crippen LogP contribution >= 0.6 is 11.6 Å². The molecule has 0 aliphatic rings. The standard InChI is InChI=1S/C12H16ClNO4/c1-11(2,10(16)17)12(3,4)14-9(15)7-5-6-8(13)18-7/h5-6H,1-4H3,(H,14,15)(H,16,17). The molecule has 0 aliphatic heterocycles. The van der Waals surface area contributed by atoms with Gasteiger partial charge in [0.25, 0.3) is 5.91 Å². The minimum absolute atomic E-state index is 0.0502. The Balaban J connectivity index is 2.90. The quantitative estimate of drug-likeness (QED) is 0.883. The molecule has 2 N–H and O–H groups in total. The summed E-state index contributed by atoms with van der Waals surface area (Å²) in [6, 6.07) is 2.88. The van der Waals surface area contributed by atoms with Crippen LogP contribution in [-0.2, 0) is 4.79 Å². The van der Waals surface area contributed by atoms with Gasteiger partial charge in [0.1, 0.15) is 0 Å². The summed E-state index contributed by atoms with van der Waals surface area (Å²) in [5, 5.41) is 11.9. The fraction of sp³-hybridized carbons (Fsp3) is 0.500. The van der Waals surface area contributed by atoms with Gasteiger partial charge in [-0.25, -0.2) is 0 Å². The van der Waals surface area contributed by atoms with E-state index in [9.17, 15) is 9.59 Å². The van der Waals surface area contributed by atoms with Gasteiger partial charge >= 0.3 is 5.97 Å². The van der Waals surface area contributed by atoms with Crippen molar-refractivity contribution in [3.8, 4) is 0 Å². The van der Waals surface area contributed by atoms with E-state index in [1.807, 2.05) is 0 Å². The highest BCUT2D eigenvalue weighted by Crippen LogP contribution is 2.31. The van der Waals surface area contributed by atoms with Gasteiger partial charge in [-0.3, -0.25) is 9.59 Å². The predicted molar refractivity (Wildman–Crippen MR) is 66.7 cm³/mol. The summed E-state index contributed by atoms with van der Waals surface area (Å²) in [6.07, 6.45) is 0. The van der Waals surface area contributed by atoms with Gasteiger partial charge in [-0.15, -0.1) is 0 Å². The van der Waals surface area contributed by atoms with Crippen LogP contribution in [0.4, 0.5) is 0 Å². The average Bonchev–Trinajstić information content (AvgIpc) is 2.63. The maximum Gasteiger partial charge on any atom is 0.311 e. The summed E-state index contributed by atoms with van der Waals surface area (Å²) in [7, 11) is 0. The molecule has 0 aliphatic carbocycles. The van der Waals surface area contributed by atoms with Crippen LogP contribution in [0.5, 0.6) is 0 Å². The first-order chi connectivity index (χ1) is 8.08. The second kappa shape index (κ2) is 4.65. The highest BCUT2D eigenvalue weighted by molar-refractivity contribution is 6.29. The van der Waals surface area contributed by atoms with E-state index in [2.05, 4.69) is 5.32 Å². The van der Waals surface area contributed by atoms with Crippen LogP contribution in [0.25, 0.3) is 0 Å². The molecule has 0 atom stereocenters. The van der Waals surface area contributed by atoms with Crippen LogP contribution in [0.3, 0.4) is 0 Å². The first kappa shape index (κ1) is 14.6. The second-order valence-corrected chi connectivity index (χ2v) is 5.49. The topological polar surface area (TPSA) is 79.5 Å². The van der Waals surface area contributed by atoms with Crippen LogP contribution in [0.1, 0.15) is 38.2 Å². The lowest BCUT2D eigenvalue weighted by molar-refractivity contribution is -0.150. The third-order valence-corrected chi connectivity index (χ3v) is 3.52. The van der Waals surface area contributed by atoms with Crippen molar-refractivity contribution in [2.24, 2.45) is 5.41 Å². The Bertz CT molecular complexity index is 476. The molecule has 0 unspecified atom stereocenters. The second-order valence-electron chi connectivity index (χ2n) is 5.11. The van der Waals surface area contributed by atoms with Gasteiger partial charge in [-0.1, -0.05) is 0 Å². The lowest BCUT2D eigenvalue weighted by Crippen LogP contribution is -2.56. The van der Waals surface area contributed by atoms with Crippen molar-refractivity contribution in [2.45, 2.75) is 33.2 Å². The lowest BCUT2D eigenvalue weighted by Gasteiger charge is -2.38. The van der Waals surface area contributed by atoms with E-state index in [0.29, 0.717) is 0 Å². The van der Waals surface area contributed by atoms with Crippen LogP contribution in [0.15, 0.2) is 16.5 Å². The fourth-order valence-electron chi connectivity index (χ4n) is 1.21. The maximum absolute atomic E-state index is 11.9. The third-order valence-electron chi connectivity index (χ3n) is 3.32. The number of carboxylic acids is 1. The average molecular weight is 274 g/mol. The molecule has 0 spiro atoms. The number of carbonyl (C=O) groups excluding carboxylic acids is 1. The Morgan fingerprint density at radius 2 is 1.83 bits per heavy atom. The summed E-state index contributed by atoms with van der Waals surface area (Å²) in [5.74, 6) is -1.44. The van der Waals surface area contributed by atoms with Gasteiger partial charge in [0.15, 0.2) is 11.0 Å². The molecule has 0 saturated heterocycles. The first-order valence-corrected chi connectivity index (χ1v) is 5.77. The molecule has 100 valence electrons. The molecule has 1 amide bonds. The van der Waals surface area contributed by atoms with Gasteiger partial charge in [0.05, 0.1) is 11.0 Å². The predicted octanol–water partition coefficient (Wildman–Crippen LogP) is 2.55. The molecule has 0 bridgehead atoms. The Morgan fingerprint density at radius 1 is 1.28 bits per heavy atom. The molecule has 0 aromatic carbocycles. The molecule has 1 aromatic heterocycles. The van der Waals surface area contributed by atoms with Crippen molar-refractivity contribution in [3.63, 3.8) is 0 Å². The normalized spacial score (nSPS) is 12.3. The summed E-state index contributed by atoms with van der Waals surface area (Å²) >= 11 is 5.58. The number of hydrogen-bond acceptors (Lipinski definition) is 3. The van der Waals surface area contributed by atoms with Gasteiger partial charge in [0.2, 0.25) is 0 Å². The fourth-order valence-corrected chi connectivity index (χ4v) is 1.35. The molecule has 1 rings (SSSR count). The zero-order chi connectivity index (χ0) is 14.1. The summed E-state index contributed by atoms with van der Waals surface area (Å²) in [4.78, 5) is 23.1. The lowest BCUT2D eigenvalue weighted by atomic mass is 9.74. The van der Waals surface area contributed by atoms with Crippen molar-refractivity contribution in [2.75, 3.05) is 0 Å². The van der Waals surface area contributed by atoms with E-state index in [1.165, 1.54) is 12.1 Å². The zero-order valence-electron chi connectivity index (χ0n) is 10.7. The van der Waals surface area contributed by atoms with Gasteiger partial charge in [-0.2, -0.15) is 0 Å². The van der Waals surface area contributed by atoms with Crippen LogP contribution in [0, 0.1) is 5.41 Å².